The first kappa shape index (κ1) is 9.87. The van der Waals surface area contributed by atoms with E-state index in [9.17, 15) is 8.78 Å². The van der Waals surface area contributed by atoms with Crippen LogP contribution in [0.3, 0.4) is 0 Å². The van der Waals surface area contributed by atoms with Crippen molar-refractivity contribution in [1.82, 2.24) is 4.98 Å². The van der Waals surface area contributed by atoms with E-state index in [1.54, 1.807) is 0 Å². The van der Waals surface area contributed by atoms with Crippen molar-refractivity contribution in [1.29, 1.82) is 5.26 Å². The maximum absolute atomic E-state index is 12.2. The van der Waals surface area contributed by atoms with Gasteiger partial charge in [-0.1, -0.05) is 11.6 Å². The highest BCUT2D eigenvalue weighted by Gasteiger charge is 2.09. The average molecular weight is 203 g/mol. The second-order valence-electron chi connectivity index (χ2n) is 2.35. The van der Waals surface area contributed by atoms with Gasteiger partial charge in [-0.15, -0.1) is 0 Å². The molecule has 0 N–H and O–H groups in total. The van der Waals surface area contributed by atoms with Crippen LogP contribution in [0.15, 0.2) is 12.1 Å². The highest BCUT2D eigenvalue weighted by molar-refractivity contribution is 6.29. The lowest BCUT2D eigenvalue weighted by molar-refractivity contribution is 0.151. The van der Waals surface area contributed by atoms with Gasteiger partial charge in [-0.2, -0.15) is 5.26 Å². The molecule has 5 heteroatoms. The smallest absolute Gasteiger partial charge is 0.240 e. The van der Waals surface area contributed by atoms with E-state index in [1.807, 2.05) is 6.07 Å². The van der Waals surface area contributed by atoms with Crippen LogP contribution in [0, 0.1) is 11.3 Å². The van der Waals surface area contributed by atoms with Gasteiger partial charge >= 0.3 is 0 Å². The van der Waals surface area contributed by atoms with E-state index in [1.165, 1.54) is 6.07 Å². The zero-order valence-electron chi connectivity index (χ0n) is 6.47. The van der Waals surface area contributed by atoms with Gasteiger partial charge in [0.15, 0.2) is 0 Å². The summed E-state index contributed by atoms with van der Waals surface area (Å²) in [5, 5.41) is 8.31. The lowest BCUT2D eigenvalue weighted by Crippen LogP contribution is -1.93. The van der Waals surface area contributed by atoms with Gasteiger partial charge in [-0.25, -0.2) is 13.8 Å². The molecule has 0 amide bonds. The zero-order chi connectivity index (χ0) is 9.84. The van der Waals surface area contributed by atoms with Crippen LogP contribution in [-0.2, 0) is 6.42 Å². The molecule has 0 fully saturated rings. The fourth-order valence-electron chi connectivity index (χ4n) is 0.871. The van der Waals surface area contributed by atoms with Gasteiger partial charge in [-0.3, -0.25) is 0 Å². The molecule has 0 radical (unpaired) electrons. The number of pyridine rings is 1. The molecule has 0 spiro atoms. The minimum absolute atomic E-state index is 0.0111. The van der Waals surface area contributed by atoms with Crippen LogP contribution < -0.4 is 0 Å². The third-order valence-electron chi connectivity index (χ3n) is 1.38. The second-order valence-corrected chi connectivity index (χ2v) is 2.74. The first-order chi connectivity index (χ1) is 6.13. The monoisotopic (exact) mass is 202 g/mol. The zero-order valence-corrected chi connectivity index (χ0v) is 7.22. The number of hydrogen-bond acceptors (Lipinski definition) is 2. The Hall–Kier alpha value is -1.21. The van der Waals surface area contributed by atoms with Gasteiger partial charge in [0.25, 0.3) is 6.43 Å². The van der Waals surface area contributed by atoms with Crippen LogP contribution in [-0.4, -0.2) is 4.98 Å². The fourth-order valence-corrected chi connectivity index (χ4v) is 1.11. The molecular formula is C8H5ClF2N2. The van der Waals surface area contributed by atoms with Crippen molar-refractivity contribution in [2.75, 3.05) is 0 Å². The number of halogens is 3. The van der Waals surface area contributed by atoms with Gasteiger partial charge in [-0.05, 0) is 12.1 Å². The van der Waals surface area contributed by atoms with E-state index < -0.39 is 6.43 Å². The SMILES string of the molecule is N#CCc1cc(C(F)F)cc(Cl)n1. The van der Waals surface area contributed by atoms with Gasteiger partial charge in [0.2, 0.25) is 0 Å². The summed E-state index contributed by atoms with van der Waals surface area (Å²) in [6, 6.07) is 4.08. The Morgan fingerprint density at radius 1 is 1.54 bits per heavy atom. The molecule has 1 aromatic heterocycles. The first-order valence-electron chi connectivity index (χ1n) is 3.45. The molecule has 0 unspecified atom stereocenters. The summed E-state index contributed by atoms with van der Waals surface area (Å²) in [5.41, 5.74) is 0.0653. The minimum atomic E-state index is -2.59. The van der Waals surface area contributed by atoms with Crippen LogP contribution in [0.25, 0.3) is 0 Å². The molecule has 2 nitrogen and oxygen atoms in total. The topological polar surface area (TPSA) is 36.7 Å². The normalized spacial score (nSPS) is 10.1. The Labute approximate surface area is 78.8 Å². The maximum atomic E-state index is 12.2. The largest absolute Gasteiger partial charge is 0.264 e. The van der Waals surface area contributed by atoms with Gasteiger partial charge in [0, 0.05) is 5.56 Å². The molecule has 0 saturated heterocycles. The van der Waals surface area contributed by atoms with E-state index in [4.69, 9.17) is 16.9 Å². The summed E-state index contributed by atoms with van der Waals surface area (Å²) < 4.78 is 24.4. The highest BCUT2D eigenvalue weighted by atomic mass is 35.5. The minimum Gasteiger partial charge on any atom is -0.240 e. The number of nitriles is 1. The number of rotatable bonds is 2. The molecule has 0 aliphatic rings. The van der Waals surface area contributed by atoms with Crippen LogP contribution >= 0.6 is 11.6 Å². The van der Waals surface area contributed by atoms with E-state index >= 15 is 0 Å². The lowest BCUT2D eigenvalue weighted by Gasteiger charge is -2.01. The van der Waals surface area contributed by atoms with E-state index in [-0.39, 0.29) is 22.8 Å². The van der Waals surface area contributed by atoms with Crippen molar-refractivity contribution in [3.8, 4) is 6.07 Å². The molecule has 0 aromatic carbocycles. The van der Waals surface area contributed by atoms with Crippen molar-refractivity contribution in [3.05, 3.63) is 28.5 Å². The fraction of sp³-hybridized carbons (Fsp3) is 0.250. The Balaban J connectivity index is 3.05. The Bertz CT molecular complexity index is 346. The van der Waals surface area contributed by atoms with Crippen LogP contribution in [0.1, 0.15) is 17.7 Å². The molecule has 1 heterocycles. The summed E-state index contributed by atoms with van der Waals surface area (Å²) in [6.45, 7) is 0. The Morgan fingerprint density at radius 3 is 2.77 bits per heavy atom. The molecule has 68 valence electrons. The standard InChI is InChI=1S/C8H5ClF2N2/c9-7-4-5(8(10)11)3-6(13-7)1-2-12/h3-4,8H,1H2. The molecule has 13 heavy (non-hydrogen) atoms. The molecule has 0 bridgehead atoms. The van der Waals surface area contributed by atoms with Crippen molar-refractivity contribution < 1.29 is 8.78 Å². The van der Waals surface area contributed by atoms with Crippen LogP contribution in [0.4, 0.5) is 8.78 Å². The number of hydrogen-bond donors (Lipinski definition) is 0. The Kier molecular flexibility index (Phi) is 3.15. The average Bonchev–Trinajstić information content (AvgIpc) is 2.03. The molecule has 1 rings (SSSR count). The predicted molar refractivity (Wildman–Crippen MR) is 43.5 cm³/mol. The number of alkyl halides is 2. The lowest BCUT2D eigenvalue weighted by atomic mass is 10.2. The summed E-state index contributed by atoms with van der Waals surface area (Å²) in [7, 11) is 0. The molecule has 1 aromatic rings. The second kappa shape index (κ2) is 4.15. The molecular weight excluding hydrogens is 198 g/mol. The van der Waals surface area contributed by atoms with E-state index in [0.717, 1.165) is 6.07 Å². The van der Waals surface area contributed by atoms with Crippen molar-refractivity contribution in [3.63, 3.8) is 0 Å². The third-order valence-corrected chi connectivity index (χ3v) is 1.58. The molecule has 0 atom stereocenters. The molecule has 0 saturated carbocycles. The number of aromatic nitrogens is 1. The highest BCUT2D eigenvalue weighted by Crippen LogP contribution is 2.21. The summed E-state index contributed by atoms with van der Waals surface area (Å²) in [6.07, 6.45) is -2.60. The summed E-state index contributed by atoms with van der Waals surface area (Å²) in [5.74, 6) is 0. The first-order valence-corrected chi connectivity index (χ1v) is 3.82. The maximum Gasteiger partial charge on any atom is 0.264 e. The summed E-state index contributed by atoms with van der Waals surface area (Å²) >= 11 is 5.48. The third kappa shape index (κ3) is 2.63. The van der Waals surface area contributed by atoms with Gasteiger partial charge in [0.1, 0.15) is 5.15 Å². The molecule has 0 aliphatic heterocycles. The number of nitrogens with zero attached hydrogens (tertiary/aromatic N) is 2. The molecule has 0 aliphatic carbocycles. The quantitative estimate of drug-likeness (QED) is 0.692. The predicted octanol–water partition coefficient (Wildman–Crippen LogP) is 2.74. The van der Waals surface area contributed by atoms with Gasteiger partial charge < -0.3 is 0 Å². The van der Waals surface area contributed by atoms with E-state index in [2.05, 4.69) is 4.98 Å². The Morgan fingerprint density at radius 2 is 2.23 bits per heavy atom. The summed E-state index contributed by atoms with van der Waals surface area (Å²) in [4.78, 5) is 3.72. The van der Waals surface area contributed by atoms with Crippen LogP contribution in [0.2, 0.25) is 5.15 Å². The van der Waals surface area contributed by atoms with E-state index in [0.29, 0.717) is 0 Å². The van der Waals surface area contributed by atoms with Crippen molar-refractivity contribution in [2.45, 2.75) is 12.8 Å². The van der Waals surface area contributed by atoms with Crippen LogP contribution in [0.5, 0.6) is 0 Å². The van der Waals surface area contributed by atoms with Gasteiger partial charge in [0.05, 0.1) is 18.2 Å². The van der Waals surface area contributed by atoms with Crippen molar-refractivity contribution >= 4 is 11.6 Å². The van der Waals surface area contributed by atoms with Crippen molar-refractivity contribution in [2.24, 2.45) is 0 Å².